The fourth-order valence-electron chi connectivity index (χ4n) is 1.44. The van der Waals surface area contributed by atoms with Crippen LogP contribution in [-0.4, -0.2) is 17.4 Å². The summed E-state index contributed by atoms with van der Waals surface area (Å²) in [5.41, 5.74) is 1.97. The molecule has 86 valence electrons. The lowest BCUT2D eigenvalue weighted by Gasteiger charge is -2.19. The largest absolute Gasteiger partial charge is 0.290 e. The summed E-state index contributed by atoms with van der Waals surface area (Å²) in [4.78, 5) is 26.7. The van der Waals surface area contributed by atoms with Crippen LogP contribution in [0.1, 0.15) is 27.7 Å². The van der Waals surface area contributed by atoms with E-state index in [1.807, 2.05) is 13.8 Å². The van der Waals surface area contributed by atoms with E-state index in [0.717, 1.165) is 5.57 Å². The van der Waals surface area contributed by atoms with Crippen LogP contribution in [-0.2, 0) is 9.59 Å². The lowest BCUT2D eigenvalue weighted by molar-refractivity contribution is -0.115. The number of amides is 1. The van der Waals surface area contributed by atoms with E-state index in [-0.39, 0.29) is 17.6 Å². The highest BCUT2D eigenvalue weighted by molar-refractivity contribution is 9.12. The van der Waals surface area contributed by atoms with Gasteiger partial charge in [-0.3, -0.25) is 9.59 Å². The molecule has 0 fully saturated rings. The molecule has 1 amide bonds. The van der Waals surface area contributed by atoms with Gasteiger partial charge in [0.25, 0.3) is 0 Å². The summed E-state index contributed by atoms with van der Waals surface area (Å²) < 4.78 is 0.624. The second-order valence-corrected chi connectivity index (χ2v) is 4.83. The van der Waals surface area contributed by atoms with Crippen LogP contribution in [0.25, 0.3) is 0 Å². The van der Waals surface area contributed by atoms with Crippen LogP contribution in [0.5, 0.6) is 0 Å². The van der Waals surface area contributed by atoms with Crippen molar-refractivity contribution in [2.45, 2.75) is 27.7 Å². The van der Waals surface area contributed by atoms with Crippen LogP contribution in [0.4, 0.5) is 0 Å². The van der Waals surface area contributed by atoms with Gasteiger partial charge in [0.05, 0.1) is 10.2 Å². The molecule has 0 spiro atoms. The summed E-state index contributed by atoms with van der Waals surface area (Å²) in [6, 6.07) is 0. The number of aliphatic imine (C=N–C) groups is 1. The highest BCUT2D eigenvalue weighted by Crippen LogP contribution is 2.28. The van der Waals surface area contributed by atoms with Crippen LogP contribution in [0.2, 0.25) is 0 Å². The van der Waals surface area contributed by atoms with Crippen molar-refractivity contribution < 1.29 is 9.59 Å². The minimum Gasteiger partial charge on any atom is -0.290 e. The number of allylic oxidation sites excluding steroid dienone is 4. The number of rotatable bonds is 1. The Morgan fingerprint density at radius 1 is 1.44 bits per heavy atom. The van der Waals surface area contributed by atoms with Crippen molar-refractivity contribution in [3.8, 4) is 0 Å². The molecule has 4 heteroatoms. The number of hydrogen-bond donors (Lipinski definition) is 0. The molecule has 0 aromatic heterocycles. The van der Waals surface area contributed by atoms with E-state index < -0.39 is 0 Å². The Morgan fingerprint density at radius 2 is 2.00 bits per heavy atom. The first-order valence-electron chi connectivity index (χ1n) is 5.07. The van der Waals surface area contributed by atoms with Crippen molar-refractivity contribution in [3.63, 3.8) is 0 Å². The van der Waals surface area contributed by atoms with Crippen LogP contribution in [0.15, 0.2) is 26.7 Å². The van der Waals surface area contributed by atoms with Gasteiger partial charge in [0.1, 0.15) is 0 Å². The summed E-state index contributed by atoms with van der Waals surface area (Å²) >= 11 is 3.33. The molecule has 0 aliphatic heterocycles. The molecule has 0 saturated carbocycles. The number of nitrogens with zero attached hydrogens (tertiary/aromatic N) is 1. The van der Waals surface area contributed by atoms with Crippen LogP contribution < -0.4 is 0 Å². The molecule has 0 heterocycles. The van der Waals surface area contributed by atoms with E-state index in [1.165, 1.54) is 6.92 Å². The molecular formula is C12H14BrNO2. The van der Waals surface area contributed by atoms with Gasteiger partial charge >= 0.3 is 0 Å². The summed E-state index contributed by atoms with van der Waals surface area (Å²) in [5.74, 6) is -0.138. The third kappa shape index (κ3) is 2.55. The summed E-state index contributed by atoms with van der Waals surface area (Å²) in [5, 5.41) is 0. The van der Waals surface area contributed by atoms with Crippen molar-refractivity contribution in [1.82, 2.24) is 0 Å². The Hall–Kier alpha value is -1.03. The maximum absolute atomic E-state index is 11.6. The Bertz CT molecular complexity index is 442. The average Bonchev–Trinajstić information content (AvgIpc) is 2.17. The smallest absolute Gasteiger partial charge is 0.243 e. The fourth-order valence-corrected chi connectivity index (χ4v) is 1.95. The third-order valence-corrected chi connectivity index (χ3v) is 3.33. The number of halogens is 1. The predicted molar refractivity (Wildman–Crippen MR) is 67.7 cm³/mol. The van der Waals surface area contributed by atoms with Crippen LogP contribution >= 0.6 is 15.9 Å². The predicted octanol–water partition coefficient (Wildman–Crippen LogP) is 2.81. The Morgan fingerprint density at radius 3 is 2.44 bits per heavy atom. The molecule has 0 unspecified atom stereocenters. The molecule has 0 N–H and O–H groups in total. The van der Waals surface area contributed by atoms with Crippen LogP contribution in [0, 0.1) is 5.92 Å². The lowest BCUT2D eigenvalue weighted by atomic mass is 9.90. The van der Waals surface area contributed by atoms with Crippen LogP contribution in [0.3, 0.4) is 0 Å². The zero-order valence-electron chi connectivity index (χ0n) is 9.80. The van der Waals surface area contributed by atoms with E-state index in [2.05, 4.69) is 20.9 Å². The fraction of sp³-hybridized carbons (Fsp3) is 0.417. The van der Waals surface area contributed by atoms with E-state index >= 15 is 0 Å². The van der Waals surface area contributed by atoms with E-state index in [0.29, 0.717) is 15.8 Å². The van der Waals surface area contributed by atoms with Gasteiger partial charge in [0, 0.05) is 12.5 Å². The van der Waals surface area contributed by atoms with Gasteiger partial charge in [-0.1, -0.05) is 13.8 Å². The van der Waals surface area contributed by atoms with E-state index in [4.69, 9.17) is 0 Å². The first kappa shape index (κ1) is 13.0. The monoisotopic (exact) mass is 283 g/mol. The zero-order chi connectivity index (χ0) is 12.5. The summed E-state index contributed by atoms with van der Waals surface area (Å²) in [6.07, 6.45) is 1.56. The molecule has 0 saturated heterocycles. The molecule has 1 aliphatic rings. The summed E-state index contributed by atoms with van der Waals surface area (Å²) in [7, 11) is 0. The second-order valence-electron chi connectivity index (χ2n) is 4.04. The van der Waals surface area contributed by atoms with E-state index in [1.54, 1.807) is 13.0 Å². The molecule has 16 heavy (non-hydrogen) atoms. The SMILES string of the molecule is CC(=O)N=C1C(C(C)C)=CC(=O)C(C)=C1Br. The van der Waals surface area contributed by atoms with Gasteiger partial charge in [-0.05, 0) is 40.4 Å². The van der Waals surface area contributed by atoms with E-state index in [9.17, 15) is 9.59 Å². The maximum Gasteiger partial charge on any atom is 0.243 e. The van der Waals surface area contributed by atoms with Crippen molar-refractivity contribution in [3.05, 3.63) is 21.7 Å². The molecule has 0 aromatic rings. The van der Waals surface area contributed by atoms with Gasteiger partial charge in [-0.25, -0.2) is 4.99 Å². The minimum absolute atomic E-state index is 0.0296. The van der Waals surface area contributed by atoms with Crippen molar-refractivity contribution in [2.75, 3.05) is 0 Å². The molecule has 1 rings (SSSR count). The quantitative estimate of drug-likeness (QED) is 0.695. The highest BCUT2D eigenvalue weighted by atomic mass is 79.9. The van der Waals surface area contributed by atoms with Gasteiger partial charge in [0.2, 0.25) is 5.91 Å². The zero-order valence-corrected chi connectivity index (χ0v) is 11.4. The van der Waals surface area contributed by atoms with Gasteiger partial charge < -0.3 is 0 Å². The van der Waals surface area contributed by atoms with Crippen molar-refractivity contribution in [1.29, 1.82) is 0 Å². The summed E-state index contributed by atoms with van der Waals surface area (Å²) in [6.45, 7) is 7.05. The Kier molecular flexibility index (Phi) is 3.97. The van der Waals surface area contributed by atoms with Gasteiger partial charge in [0.15, 0.2) is 5.78 Å². The standard InChI is InChI=1S/C12H14BrNO2/c1-6(2)9-5-10(16)7(3)11(13)12(9)14-8(4)15/h5-6H,1-4H3. The van der Waals surface area contributed by atoms with Crippen molar-refractivity contribution >= 4 is 33.3 Å². The number of hydrogen-bond acceptors (Lipinski definition) is 2. The third-order valence-electron chi connectivity index (χ3n) is 2.36. The molecule has 3 nitrogen and oxygen atoms in total. The number of carbonyl (C=O) groups excluding carboxylic acids is 2. The molecular weight excluding hydrogens is 270 g/mol. The maximum atomic E-state index is 11.6. The normalized spacial score (nSPS) is 19.5. The Labute approximate surface area is 103 Å². The average molecular weight is 284 g/mol. The molecule has 1 aliphatic carbocycles. The molecule has 0 aromatic carbocycles. The first-order valence-corrected chi connectivity index (χ1v) is 5.86. The topological polar surface area (TPSA) is 46.5 Å². The Balaban J connectivity index is 3.35. The first-order chi connectivity index (χ1) is 7.34. The second kappa shape index (κ2) is 4.87. The molecule has 0 atom stereocenters. The molecule has 0 bridgehead atoms. The van der Waals surface area contributed by atoms with Gasteiger partial charge in [-0.15, -0.1) is 0 Å². The molecule has 0 radical (unpaired) electrons. The number of ketones is 1. The number of carbonyl (C=O) groups is 2. The minimum atomic E-state index is -0.263. The van der Waals surface area contributed by atoms with Crippen molar-refractivity contribution in [2.24, 2.45) is 10.9 Å². The van der Waals surface area contributed by atoms with Gasteiger partial charge in [-0.2, -0.15) is 0 Å². The lowest BCUT2D eigenvalue weighted by Crippen LogP contribution is -2.19. The highest BCUT2D eigenvalue weighted by Gasteiger charge is 2.24.